The lowest BCUT2D eigenvalue weighted by molar-refractivity contribution is -0.386. The van der Waals surface area contributed by atoms with Gasteiger partial charge in [0.2, 0.25) is 11.6 Å². The molecule has 5 nitrogen and oxygen atoms in total. The molecule has 2 aromatic rings. The van der Waals surface area contributed by atoms with E-state index in [-0.39, 0.29) is 32.5 Å². The highest BCUT2D eigenvalue weighted by molar-refractivity contribution is 6.42. The first-order valence-corrected chi connectivity index (χ1v) is 6.47. The first-order valence-electron chi connectivity index (χ1n) is 5.33. The molecule has 0 aliphatic rings. The maximum atomic E-state index is 11.1. The van der Waals surface area contributed by atoms with E-state index in [1.54, 1.807) is 19.1 Å². The van der Waals surface area contributed by atoms with Crippen molar-refractivity contribution in [2.45, 2.75) is 6.92 Å². The van der Waals surface area contributed by atoms with E-state index in [4.69, 9.17) is 39.5 Å². The van der Waals surface area contributed by atoms with E-state index in [0.717, 1.165) is 0 Å². The Labute approximate surface area is 129 Å². The Morgan fingerprint density at radius 1 is 1.25 bits per heavy atom. The minimum absolute atomic E-state index is 0.00127. The number of pyridine rings is 1. The summed E-state index contributed by atoms with van der Waals surface area (Å²) in [6.45, 7) is 1.61. The van der Waals surface area contributed by atoms with Crippen molar-refractivity contribution < 1.29 is 9.66 Å². The van der Waals surface area contributed by atoms with Gasteiger partial charge in [-0.3, -0.25) is 10.1 Å². The van der Waals surface area contributed by atoms with Crippen LogP contribution in [0.15, 0.2) is 24.3 Å². The van der Waals surface area contributed by atoms with Crippen molar-refractivity contribution in [1.82, 2.24) is 4.98 Å². The molecule has 0 saturated carbocycles. The van der Waals surface area contributed by atoms with Crippen LogP contribution in [0.5, 0.6) is 11.6 Å². The second-order valence-electron chi connectivity index (χ2n) is 3.83. The van der Waals surface area contributed by atoms with E-state index < -0.39 is 4.92 Å². The fourth-order valence-corrected chi connectivity index (χ4v) is 2.08. The van der Waals surface area contributed by atoms with E-state index >= 15 is 0 Å². The van der Waals surface area contributed by atoms with Crippen LogP contribution >= 0.6 is 34.8 Å². The third-order valence-corrected chi connectivity index (χ3v) is 3.39. The van der Waals surface area contributed by atoms with Gasteiger partial charge in [0.15, 0.2) is 5.15 Å². The van der Waals surface area contributed by atoms with Crippen LogP contribution in [-0.4, -0.2) is 9.91 Å². The third-order valence-electron chi connectivity index (χ3n) is 2.44. The number of hydrogen-bond acceptors (Lipinski definition) is 4. The van der Waals surface area contributed by atoms with Crippen molar-refractivity contribution in [3.63, 3.8) is 0 Å². The van der Waals surface area contributed by atoms with Gasteiger partial charge in [-0.2, -0.15) is 4.98 Å². The molecule has 0 saturated heterocycles. The Morgan fingerprint density at radius 2 is 1.95 bits per heavy atom. The lowest BCUT2D eigenvalue weighted by atomic mass is 10.2. The maximum Gasteiger partial charge on any atom is 0.314 e. The number of aryl methyl sites for hydroxylation is 1. The molecule has 0 atom stereocenters. The maximum absolute atomic E-state index is 11.1. The van der Waals surface area contributed by atoms with Crippen molar-refractivity contribution in [3.05, 3.63) is 55.1 Å². The number of nitrogens with zero attached hydrogens (tertiary/aromatic N) is 2. The normalized spacial score (nSPS) is 10.4. The highest BCUT2D eigenvalue weighted by atomic mass is 35.5. The van der Waals surface area contributed by atoms with Crippen LogP contribution in [-0.2, 0) is 0 Å². The zero-order chi connectivity index (χ0) is 14.9. The minimum Gasteiger partial charge on any atom is -0.430 e. The number of nitro benzene ring substituents is 1. The summed E-state index contributed by atoms with van der Waals surface area (Å²) in [5, 5.41) is 11.3. The lowest BCUT2D eigenvalue weighted by Gasteiger charge is -2.09. The number of halogens is 3. The zero-order valence-corrected chi connectivity index (χ0v) is 12.3. The summed E-state index contributed by atoms with van der Waals surface area (Å²) in [6.07, 6.45) is 0. The molecule has 20 heavy (non-hydrogen) atoms. The Balaban J connectivity index is 2.48. The van der Waals surface area contributed by atoms with Crippen molar-refractivity contribution in [1.29, 1.82) is 0 Å². The second-order valence-corrected chi connectivity index (χ2v) is 5.00. The van der Waals surface area contributed by atoms with Crippen LogP contribution < -0.4 is 4.74 Å². The Kier molecular flexibility index (Phi) is 4.32. The van der Waals surface area contributed by atoms with Gasteiger partial charge in [-0.25, -0.2) is 0 Å². The highest BCUT2D eigenvalue weighted by Gasteiger charge is 2.20. The van der Waals surface area contributed by atoms with Gasteiger partial charge in [-0.15, -0.1) is 0 Å². The summed E-state index contributed by atoms with van der Waals surface area (Å²) in [5.41, 5.74) is 0.306. The molecule has 0 amide bonds. The fourth-order valence-electron chi connectivity index (χ4n) is 1.55. The van der Waals surface area contributed by atoms with Crippen LogP contribution in [0.1, 0.15) is 5.56 Å². The van der Waals surface area contributed by atoms with Crippen LogP contribution in [0.25, 0.3) is 0 Å². The van der Waals surface area contributed by atoms with E-state index in [1.165, 1.54) is 12.1 Å². The van der Waals surface area contributed by atoms with E-state index in [2.05, 4.69) is 4.98 Å². The average Bonchev–Trinajstić information content (AvgIpc) is 2.35. The number of aromatic nitrogens is 1. The summed E-state index contributed by atoms with van der Waals surface area (Å²) >= 11 is 17.4. The highest BCUT2D eigenvalue weighted by Crippen LogP contribution is 2.37. The standard InChI is InChI=1S/C12H7Cl3N2O3/c1-6-3-2-4-9(10(6)17(18)19)20-12-8(14)5-7(13)11(15)16-12/h2-5H,1H3. The molecule has 1 aromatic heterocycles. The molecule has 0 aliphatic heterocycles. The largest absolute Gasteiger partial charge is 0.430 e. The first kappa shape index (κ1) is 14.8. The van der Waals surface area contributed by atoms with Gasteiger partial charge >= 0.3 is 5.69 Å². The van der Waals surface area contributed by atoms with Crippen molar-refractivity contribution in [2.75, 3.05) is 0 Å². The molecule has 0 radical (unpaired) electrons. The molecule has 0 fully saturated rings. The molecule has 104 valence electrons. The third kappa shape index (κ3) is 2.95. The predicted octanol–water partition coefficient (Wildman–Crippen LogP) is 5.05. The van der Waals surface area contributed by atoms with Gasteiger partial charge in [-0.05, 0) is 19.1 Å². The van der Waals surface area contributed by atoms with Gasteiger partial charge in [0.1, 0.15) is 5.02 Å². The molecule has 1 aromatic carbocycles. The molecule has 0 bridgehead atoms. The molecule has 0 aliphatic carbocycles. The van der Waals surface area contributed by atoms with Crippen LogP contribution in [0.2, 0.25) is 15.2 Å². The molecule has 1 heterocycles. The van der Waals surface area contributed by atoms with Crippen LogP contribution in [0.3, 0.4) is 0 Å². The minimum atomic E-state index is -0.532. The molecule has 0 spiro atoms. The zero-order valence-electron chi connectivity index (χ0n) is 10.1. The van der Waals surface area contributed by atoms with E-state index in [9.17, 15) is 10.1 Å². The second kappa shape index (κ2) is 5.83. The quantitative estimate of drug-likeness (QED) is 0.448. The van der Waals surface area contributed by atoms with Crippen molar-refractivity contribution in [2.24, 2.45) is 0 Å². The van der Waals surface area contributed by atoms with Gasteiger partial charge in [0.25, 0.3) is 0 Å². The molecule has 8 heteroatoms. The number of rotatable bonds is 3. The lowest BCUT2D eigenvalue weighted by Crippen LogP contribution is -1.97. The molecule has 0 unspecified atom stereocenters. The van der Waals surface area contributed by atoms with Gasteiger partial charge in [0, 0.05) is 5.56 Å². The topological polar surface area (TPSA) is 65.3 Å². The monoisotopic (exact) mass is 332 g/mol. The predicted molar refractivity (Wildman–Crippen MR) is 77.2 cm³/mol. The SMILES string of the molecule is Cc1cccc(Oc2nc(Cl)c(Cl)cc2Cl)c1[N+](=O)[O-]. The van der Waals surface area contributed by atoms with Crippen molar-refractivity contribution in [3.8, 4) is 11.6 Å². The molecular formula is C12H7Cl3N2O3. The Bertz CT molecular complexity index is 692. The number of nitro groups is 1. The van der Waals surface area contributed by atoms with E-state index in [1.807, 2.05) is 0 Å². The summed E-state index contributed by atoms with van der Waals surface area (Å²) in [6, 6.07) is 6.04. The Morgan fingerprint density at radius 3 is 2.60 bits per heavy atom. The number of benzene rings is 1. The van der Waals surface area contributed by atoms with E-state index in [0.29, 0.717) is 5.56 Å². The molecular weight excluding hydrogens is 327 g/mol. The molecule has 2 rings (SSSR count). The average molecular weight is 334 g/mol. The first-order chi connectivity index (χ1) is 9.40. The summed E-state index contributed by atoms with van der Waals surface area (Å²) in [7, 11) is 0. The summed E-state index contributed by atoms with van der Waals surface area (Å²) < 4.78 is 5.39. The van der Waals surface area contributed by atoms with Gasteiger partial charge in [-0.1, -0.05) is 46.9 Å². The number of para-hydroxylation sites is 1. The summed E-state index contributed by atoms with van der Waals surface area (Å²) in [4.78, 5) is 14.4. The Hall–Kier alpha value is -1.56. The smallest absolute Gasteiger partial charge is 0.314 e. The number of ether oxygens (including phenoxy) is 1. The van der Waals surface area contributed by atoms with Gasteiger partial charge in [0.05, 0.1) is 9.95 Å². The summed E-state index contributed by atoms with van der Waals surface area (Å²) in [5.74, 6) is -0.0162. The van der Waals surface area contributed by atoms with Crippen LogP contribution in [0, 0.1) is 17.0 Å². The van der Waals surface area contributed by atoms with Crippen LogP contribution in [0.4, 0.5) is 5.69 Å². The molecule has 0 N–H and O–H groups in total. The number of hydrogen-bond donors (Lipinski definition) is 0. The van der Waals surface area contributed by atoms with Gasteiger partial charge < -0.3 is 4.74 Å². The fraction of sp³-hybridized carbons (Fsp3) is 0.0833. The van der Waals surface area contributed by atoms with Crippen molar-refractivity contribution >= 4 is 40.5 Å².